The lowest BCUT2D eigenvalue weighted by atomic mass is 9.84. The summed E-state index contributed by atoms with van der Waals surface area (Å²) in [4.78, 5) is 2.52. The van der Waals surface area contributed by atoms with Crippen molar-refractivity contribution in [3.63, 3.8) is 0 Å². The van der Waals surface area contributed by atoms with E-state index in [0.717, 1.165) is 18.7 Å². The molecule has 1 aliphatic heterocycles. The summed E-state index contributed by atoms with van der Waals surface area (Å²) >= 11 is 0. The first-order valence-electron chi connectivity index (χ1n) is 7.21. The molecule has 3 N–H and O–H groups in total. The van der Waals surface area contributed by atoms with Crippen LogP contribution in [0.5, 0.6) is 0 Å². The molecule has 1 heterocycles. The summed E-state index contributed by atoms with van der Waals surface area (Å²) in [6, 6.07) is 6.00. The number of likely N-dealkylation sites (tertiary alicyclic amines) is 1. The molecule has 20 heavy (non-hydrogen) atoms. The van der Waals surface area contributed by atoms with Crippen molar-refractivity contribution in [1.82, 2.24) is 4.90 Å². The maximum Gasteiger partial charge on any atom is 0.170 e. The second-order valence-corrected chi connectivity index (χ2v) is 6.60. The highest BCUT2D eigenvalue weighted by atomic mass is 16.4. The fraction of sp³-hybridized carbons (Fsp3) is 0.562. The zero-order valence-corrected chi connectivity index (χ0v) is 12.7. The summed E-state index contributed by atoms with van der Waals surface area (Å²) in [5.74, 6) is 0.166. The van der Waals surface area contributed by atoms with Crippen molar-refractivity contribution in [2.24, 2.45) is 16.3 Å². The highest BCUT2D eigenvalue weighted by molar-refractivity contribution is 5.97. The smallest absolute Gasteiger partial charge is 0.170 e. The van der Waals surface area contributed by atoms with E-state index in [1.165, 1.54) is 30.5 Å². The molecule has 1 aromatic rings. The molecule has 0 radical (unpaired) electrons. The Balaban J connectivity index is 2.10. The molecule has 0 aromatic heterocycles. The van der Waals surface area contributed by atoms with Gasteiger partial charge in [0.2, 0.25) is 0 Å². The zero-order chi connectivity index (χ0) is 14.8. The molecular weight excluding hydrogens is 250 g/mol. The molecule has 1 saturated heterocycles. The first-order valence-corrected chi connectivity index (χ1v) is 7.21. The molecule has 0 saturated carbocycles. The Labute approximate surface area is 121 Å². The minimum absolute atomic E-state index is 0.166. The van der Waals surface area contributed by atoms with Crippen molar-refractivity contribution >= 4 is 5.84 Å². The molecule has 0 amide bonds. The highest BCUT2D eigenvalue weighted by Gasteiger charge is 2.26. The van der Waals surface area contributed by atoms with Crippen LogP contribution in [0.1, 0.15) is 43.4 Å². The van der Waals surface area contributed by atoms with Gasteiger partial charge in [0, 0.05) is 18.7 Å². The lowest BCUT2D eigenvalue weighted by Gasteiger charge is -2.38. The van der Waals surface area contributed by atoms with Crippen LogP contribution in [0.4, 0.5) is 0 Å². The van der Waals surface area contributed by atoms with Gasteiger partial charge in [-0.2, -0.15) is 0 Å². The molecular formula is C16H25N3O. The fourth-order valence-electron chi connectivity index (χ4n) is 3.01. The van der Waals surface area contributed by atoms with E-state index in [4.69, 9.17) is 10.9 Å². The summed E-state index contributed by atoms with van der Waals surface area (Å²) in [7, 11) is 0. The Morgan fingerprint density at radius 2 is 2.20 bits per heavy atom. The van der Waals surface area contributed by atoms with Crippen LogP contribution in [0.25, 0.3) is 0 Å². The third-order valence-electron chi connectivity index (χ3n) is 4.12. The maximum absolute atomic E-state index is 8.72. The lowest BCUT2D eigenvalue weighted by molar-refractivity contribution is 0.111. The fourth-order valence-corrected chi connectivity index (χ4v) is 3.01. The van der Waals surface area contributed by atoms with Crippen molar-refractivity contribution < 1.29 is 5.21 Å². The Hall–Kier alpha value is -1.55. The molecule has 4 heteroatoms. The number of nitrogens with two attached hydrogens (primary N) is 1. The number of amidine groups is 1. The van der Waals surface area contributed by atoms with Gasteiger partial charge in [-0.3, -0.25) is 4.90 Å². The summed E-state index contributed by atoms with van der Waals surface area (Å²) in [5.41, 5.74) is 9.32. The van der Waals surface area contributed by atoms with Gasteiger partial charge in [0.15, 0.2) is 5.84 Å². The average Bonchev–Trinajstić information content (AvgIpc) is 2.39. The standard InChI is InChI=1S/C16H25N3O/c1-12-9-13(15(17)18-20)5-6-14(12)10-19-8-4-7-16(2,3)11-19/h5-6,9,20H,4,7-8,10-11H2,1-3H3,(H2,17,18). The Morgan fingerprint density at radius 3 is 2.80 bits per heavy atom. The van der Waals surface area contributed by atoms with E-state index in [1.807, 2.05) is 12.1 Å². The van der Waals surface area contributed by atoms with E-state index in [0.29, 0.717) is 5.41 Å². The Bertz CT molecular complexity index is 508. The van der Waals surface area contributed by atoms with E-state index >= 15 is 0 Å². The van der Waals surface area contributed by atoms with Gasteiger partial charge >= 0.3 is 0 Å². The van der Waals surface area contributed by atoms with E-state index in [2.05, 4.69) is 36.9 Å². The summed E-state index contributed by atoms with van der Waals surface area (Å²) < 4.78 is 0. The molecule has 0 spiro atoms. The number of benzene rings is 1. The van der Waals surface area contributed by atoms with Gasteiger partial charge in [0.05, 0.1) is 0 Å². The second kappa shape index (κ2) is 5.83. The number of piperidine rings is 1. The number of aryl methyl sites for hydroxylation is 1. The van der Waals surface area contributed by atoms with Crippen LogP contribution in [0.3, 0.4) is 0 Å². The molecule has 110 valence electrons. The van der Waals surface area contributed by atoms with Crippen LogP contribution < -0.4 is 5.73 Å². The van der Waals surface area contributed by atoms with Crippen molar-refractivity contribution in [2.45, 2.75) is 40.2 Å². The van der Waals surface area contributed by atoms with Gasteiger partial charge < -0.3 is 10.9 Å². The zero-order valence-electron chi connectivity index (χ0n) is 12.7. The monoisotopic (exact) mass is 275 g/mol. The molecule has 1 fully saturated rings. The van der Waals surface area contributed by atoms with E-state index in [1.54, 1.807) is 0 Å². The van der Waals surface area contributed by atoms with Crippen LogP contribution >= 0.6 is 0 Å². The predicted molar refractivity (Wildman–Crippen MR) is 82.0 cm³/mol. The van der Waals surface area contributed by atoms with Crippen LogP contribution in [0.15, 0.2) is 23.4 Å². The van der Waals surface area contributed by atoms with E-state index < -0.39 is 0 Å². The second-order valence-electron chi connectivity index (χ2n) is 6.60. The van der Waals surface area contributed by atoms with E-state index in [-0.39, 0.29) is 5.84 Å². The minimum atomic E-state index is 0.166. The van der Waals surface area contributed by atoms with Crippen LogP contribution in [0.2, 0.25) is 0 Å². The SMILES string of the molecule is Cc1cc(/C(N)=N/O)ccc1CN1CCCC(C)(C)C1. The number of hydrogen-bond acceptors (Lipinski definition) is 3. The Morgan fingerprint density at radius 1 is 1.45 bits per heavy atom. The van der Waals surface area contributed by atoms with Crippen LogP contribution in [-0.4, -0.2) is 29.0 Å². The molecule has 1 aromatic carbocycles. The van der Waals surface area contributed by atoms with Gasteiger partial charge in [-0.15, -0.1) is 0 Å². The average molecular weight is 275 g/mol. The van der Waals surface area contributed by atoms with Gasteiger partial charge in [-0.25, -0.2) is 0 Å². The van der Waals surface area contributed by atoms with E-state index in [9.17, 15) is 0 Å². The number of rotatable bonds is 3. The highest BCUT2D eigenvalue weighted by Crippen LogP contribution is 2.29. The first-order chi connectivity index (χ1) is 9.41. The molecule has 0 aliphatic carbocycles. The quantitative estimate of drug-likeness (QED) is 0.386. The molecule has 2 rings (SSSR count). The van der Waals surface area contributed by atoms with Gasteiger partial charge in [0.1, 0.15) is 0 Å². The van der Waals surface area contributed by atoms with Crippen molar-refractivity contribution in [2.75, 3.05) is 13.1 Å². The third kappa shape index (κ3) is 3.51. The van der Waals surface area contributed by atoms with Gasteiger partial charge in [-0.05, 0) is 48.9 Å². The van der Waals surface area contributed by atoms with Crippen LogP contribution in [0, 0.1) is 12.3 Å². The van der Waals surface area contributed by atoms with Crippen molar-refractivity contribution in [3.8, 4) is 0 Å². The number of nitrogens with zero attached hydrogens (tertiary/aromatic N) is 2. The molecule has 0 unspecified atom stereocenters. The normalized spacial score (nSPS) is 20.1. The Kier molecular flexibility index (Phi) is 4.33. The largest absolute Gasteiger partial charge is 0.409 e. The number of hydrogen-bond donors (Lipinski definition) is 2. The van der Waals surface area contributed by atoms with Crippen molar-refractivity contribution in [3.05, 3.63) is 34.9 Å². The lowest BCUT2D eigenvalue weighted by Crippen LogP contribution is -2.39. The topological polar surface area (TPSA) is 61.9 Å². The summed E-state index contributed by atoms with van der Waals surface area (Å²) in [5, 5.41) is 11.8. The first kappa shape index (κ1) is 14.9. The van der Waals surface area contributed by atoms with Crippen LogP contribution in [-0.2, 0) is 6.54 Å². The summed E-state index contributed by atoms with van der Waals surface area (Å²) in [6.45, 7) is 10.1. The predicted octanol–water partition coefficient (Wildman–Crippen LogP) is 2.71. The maximum atomic E-state index is 8.72. The molecule has 1 aliphatic rings. The van der Waals surface area contributed by atoms with Gasteiger partial charge in [0.25, 0.3) is 0 Å². The minimum Gasteiger partial charge on any atom is -0.409 e. The summed E-state index contributed by atoms with van der Waals surface area (Å²) in [6.07, 6.45) is 2.58. The van der Waals surface area contributed by atoms with Crippen molar-refractivity contribution in [1.29, 1.82) is 0 Å². The molecule has 0 bridgehead atoms. The van der Waals surface area contributed by atoms with Gasteiger partial charge in [-0.1, -0.05) is 31.1 Å². The molecule has 0 atom stereocenters. The third-order valence-corrected chi connectivity index (χ3v) is 4.12. The molecule has 4 nitrogen and oxygen atoms in total. The number of oxime groups is 1.